The number of hydrogen-bond acceptors (Lipinski definition) is 4. The Kier molecular flexibility index (Phi) is 3.33. The first-order chi connectivity index (χ1) is 7.31. The van der Waals surface area contributed by atoms with Crippen LogP contribution in [0.3, 0.4) is 0 Å². The summed E-state index contributed by atoms with van der Waals surface area (Å²) in [6.45, 7) is 9.40. The molecule has 5 heteroatoms. The minimum Gasteiger partial charge on any atom is -0.314 e. The fourth-order valence-corrected chi connectivity index (χ4v) is 1.97. The highest BCUT2D eigenvalue weighted by atomic mass is 15.4. The fourth-order valence-electron chi connectivity index (χ4n) is 1.97. The number of piperazine rings is 1. The van der Waals surface area contributed by atoms with Gasteiger partial charge < -0.3 is 5.32 Å². The van der Waals surface area contributed by atoms with Crippen LogP contribution in [0, 0.1) is 0 Å². The molecule has 15 heavy (non-hydrogen) atoms. The minimum absolute atomic E-state index is 0.584. The Morgan fingerprint density at radius 2 is 2.47 bits per heavy atom. The van der Waals surface area contributed by atoms with Crippen molar-refractivity contribution in [3.63, 3.8) is 0 Å². The van der Waals surface area contributed by atoms with Gasteiger partial charge in [0, 0.05) is 32.2 Å². The molecular formula is C10H19N5. The van der Waals surface area contributed by atoms with Crippen LogP contribution in [0.4, 0.5) is 0 Å². The van der Waals surface area contributed by atoms with Gasteiger partial charge in [-0.25, -0.2) is 9.67 Å². The molecule has 1 fully saturated rings. The summed E-state index contributed by atoms with van der Waals surface area (Å²) >= 11 is 0. The zero-order valence-electron chi connectivity index (χ0n) is 9.48. The molecule has 1 aliphatic heterocycles. The molecule has 1 atom stereocenters. The van der Waals surface area contributed by atoms with Gasteiger partial charge in [0.05, 0.1) is 6.54 Å². The van der Waals surface area contributed by atoms with E-state index in [1.165, 1.54) is 0 Å². The third-order valence-corrected chi connectivity index (χ3v) is 2.98. The molecule has 0 aromatic carbocycles. The first-order valence-corrected chi connectivity index (χ1v) is 5.62. The summed E-state index contributed by atoms with van der Waals surface area (Å²) in [5.41, 5.74) is 0. The molecule has 0 bridgehead atoms. The van der Waals surface area contributed by atoms with Crippen LogP contribution in [0.15, 0.2) is 6.33 Å². The molecule has 1 N–H and O–H groups in total. The van der Waals surface area contributed by atoms with Gasteiger partial charge in [-0.1, -0.05) is 0 Å². The van der Waals surface area contributed by atoms with Crippen molar-refractivity contribution in [2.75, 3.05) is 19.6 Å². The molecule has 1 aromatic rings. The van der Waals surface area contributed by atoms with Crippen LogP contribution < -0.4 is 5.32 Å². The van der Waals surface area contributed by atoms with E-state index in [4.69, 9.17) is 0 Å². The van der Waals surface area contributed by atoms with E-state index in [2.05, 4.69) is 34.1 Å². The predicted octanol–water partition coefficient (Wildman–Crippen LogP) is 0.0917. The summed E-state index contributed by atoms with van der Waals surface area (Å²) in [6, 6.07) is 0.584. The Hall–Kier alpha value is -0.940. The molecule has 0 aliphatic carbocycles. The Morgan fingerprint density at radius 1 is 1.60 bits per heavy atom. The highest BCUT2D eigenvalue weighted by Crippen LogP contribution is 2.07. The first-order valence-electron chi connectivity index (χ1n) is 5.62. The van der Waals surface area contributed by atoms with E-state index >= 15 is 0 Å². The van der Waals surface area contributed by atoms with Crippen molar-refractivity contribution in [3.05, 3.63) is 12.2 Å². The van der Waals surface area contributed by atoms with Crippen LogP contribution in [0.2, 0.25) is 0 Å². The lowest BCUT2D eigenvalue weighted by atomic mass is 10.2. The average molecular weight is 209 g/mol. The molecule has 0 amide bonds. The molecule has 2 rings (SSSR count). The summed E-state index contributed by atoms with van der Waals surface area (Å²) in [5, 5.41) is 7.58. The maximum absolute atomic E-state index is 4.31. The van der Waals surface area contributed by atoms with E-state index in [9.17, 15) is 0 Å². The van der Waals surface area contributed by atoms with E-state index in [1.807, 2.05) is 4.68 Å². The number of aromatic nitrogens is 3. The average Bonchev–Trinajstić information content (AvgIpc) is 2.69. The van der Waals surface area contributed by atoms with Gasteiger partial charge in [-0.15, -0.1) is 0 Å². The van der Waals surface area contributed by atoms with Gasteiger partial charge >= 0.3 is 0 Å². The number of aryl methyl sites for hydroxylation is 1. The Bertz CT molecular complexity index is 309. The second kappa shape index (κ2) is 4.72. The zero-order valence-corrected chi connectivity index (χ0v) is 9.48. The highest BCUT2D eigenvalue weighted by molar-refractivity contribution is 4.87. The summed E-state index contributed by atoms with van der Waals surface area (Å²) < 4.78 is 1.97. The van der Waals surface area contributed by atoms with Crippen molar-refractivity contribution in [1.29, 1.82) is 0 Å². The maximum atomic E-state index is 4.31. The second-order valence-electron chi connectivity index (χ2n) is 4.02. The lowest BCUT2D eigenvalue weighted by molar-refractivity contribution is 0.159. The molecule has 1 unspecified atom stereocenters. The summed E-state index contributed by atoms with van der Waals surface area (Å²) in [6.07, 6.45) is 1.64. The molecule has 0 spiro atoms. The van der Waals surface area contributed by atoms with Gasteiger partial charge in [-0.2, -0.15) is 5.10 Å². The van der Waals surface area contributed by atoms with Crippen LogP contribution in [-0.2, 0) is 13.1 Å². The largest absolute Gasteiger partial charge is 0.314 e. The van der Waals surface area contributed by atoms with Crippen molar-refractivity contribution in [1.82, 2.24) is 25.0 Å². The first kappa shape index (κ1) is 10.6. The SMILES string of the molecule is CCn1ncnc1CN1CCNCC1C. The summed E-state index contributed by atoms with van der Waals surface area (Å²) in [4.78, 5) is 6.76. The van der Waals surface area contributed by atoms with Crippen molar-refractivity contribution < 1.29 is 0 Å². The lowest BCUT2D eigenvalue weighted by Gasteiger charge is -2.33. The maximum Gasteiger partial charge on any atom is 0.141 e. The molecule has 1 aromatic heterocycles. The van der Waals surface area contributed by atoms with Crippen molar-refractivity contribution in [2.45, 2.75) is 33.0 Å². The van der Waals surface area contributed by atoms with Gasteiger partial charge in [0.15, 0.2) is 0 Å². The van der Waals surface area contributed by atoms with Crippen molar-refractivity contribution in [3.8, 4) is 0 Å². The van der Waals surface area contributed by atoms with Gasteiger partial charge in [0.1, 0.15) is 12.2 Å². The molecule has 0 radical (unpaired) electrons. The van der Waals surface area contributed by atoms with Crippen LogP contribution in [0.1, 0.15) is 19.7 Å². The van der Waals surface area contributed by atoms with Crippen LogP contribution in [0.5, 0.6) is 0 Å². The topological polar surface area (TPSA) is 46.0 Å². The fraction of sp³-hybridized carbons (Fsp3) is 0.800. The normalized spacial score (nSPS) is 23.2. The molecule has 1 aliphatic rings. The molecular weight excluding hydrogens is 190 g/mol. The monoisotopic (exact) mass is 209 g/mol. The van der Waals surface area contributed by atoms with E-state index in [0.29, 0.717) is 6.04 Å². The molecule has 84 valence electrons. The third-order valence-electron chi connectivity index (χ3n) is 2.98. The minimum atomic E-state index is 0.584. The van der Waals surface area contributed by atoms with Crippen LogP contribution >= 0.6 is 0 Å². The van der Waals surface area contributed by atoms with Crippen LogP contribution in [-0.4, -0.2) is 45.3 Å². The van der Waals surface area contributed by atoms with E-state index in [1.54, 1.807) is 6.33 Å². The van der Waals surface area contributed by atoms with Crippen LogP contribution in [0.25, 0.3) is 0 Å². The van der Waals surface area contributed by atoms with Crippen molar-refractivity contribution >= 4 is 0 Å². The molecule has 1 saturated heterocycles. The number of hydrogen-bond donors (Lipinski definition) is 1. The predicted molar refractivity (Wildman–Crippen MR) is 58.4 cm³/mol. The molecule has 0 saturated carbocycles. The zero-order chi connectivity index (χ0) is 10.7. The summed E-state index contributed by atoms with van der Waals surface area (Å²) in [7, 11) is 0. The quantitative estimate of drug-likeness (QED) is 0.766. The molecule has 5 nitrogen and oxygen atoms in total. The standard InChI is InChI=1S/C10H19N5/c1-3-15-10(12-8-13-15)7-14-5-4-11-6-9(14)2/h8-9,11H,3-7H2,1-2H3. The summed E-state index contributed by atoms with van der Waals surface area (Å²) in [5.74, 6) is 1.08. The van der Waals surface area contributed by atoms with Gasteiger partial charge in [0.2, 0.25) is 0 Å². The Balaban J connectivity index is 2.01. The van der Waals surface area contributed by atoms with Gasteiger partial charge in [-0.3, -0.25) is 4.90 Å². The molecule has 2 heterocycles. The Labute approximate surface area is 90.5 Å². The van der Waals surface area contributed by atoms with E-state index < -0.39 is 0 Å². The van der Waals surface area contributed by atoms with E-state index in [0.717, 1.165) is 38.5 Å². The van der Waals surface area contributed by atoms with Gasteiger partial charge in [0.25, 0.3) is 0 Å². The number of rotatable bonds is 3. The third kappa shape index (κ3) is 2.35. The smallest absolute Gasteiger partial charge is 0.141 e. The Morgan fingerprint density at radius 3 is 3.20 bits per heavy atom. The lowest BCUT2D eigenvalue weighted by Crippen LogP contribution is -2.49. The number of nitrogens with zero attached hydrogens (tertiary/aromatic N) is 4. The van der Waals surface area contributed by atoms with Crippen molar-refractivity contribution in [2.24, 2.45) is 0 Å². The van der Waals surface area contributed by atoms with E-state index in [-0.39, 0.29) is 0 Å². The number of nitrogens with one attached hydrogen (secondary N) is 1. The highest BCUT2D eigenvalue weighted by Gasteiger charge is 2.19. The van der Waals surface area contributed by atoms with Gasteiger partial charge in [-0.05, 0) is 13.8 Å². The second-order valence-corrected chi connectivity index (χ2v) is 4.02.